The SMILES string of the molecule is Cc1ccsc1/C=C1/SC(N2CCCC2)=NC1=O. The molecule has 0 aromatic carbocycles. The minimum atomic E-state index is -0.0882. The Labute approximate surface area is 115 Å². The Morgan fingerprint density at radius 2 is 2.17 bits per heavy atom. The second-order valence-electron chi connectivity index (χ2n) is 4.47. The summed E-state index contributed by atoms with van der Waals surface area (Å²) >= 11 is 3.18. The molecule has 1 saturated heterocycles. The monoisotopic (exact) mass is 278 g/mol. The first-order valence-electron chi connectivity index (χ1n) is 6.05. The van der Waals surface area contributed by atoms with E-state index < -0.39 is 0 Å². The molecule has 0 atom stereocenters. The van der Waals surface area contributed by atoms with Crippen LogP contribution in [0.1, 0.15) is 23.3 Å². The van der Waals surface area contributed by atoms with E-state index in [2.05, 4.69) is 22.9 Å². The summed E-state index contributed by atoms with van der Waals surface area (Å²) in [6, 6.07) is 2.07. The highest BCUT2D eigenvalue weighted by Crippen LogP contribution is 2.33. The fraction of sp³-hybridized carbons (Fsp3) is 0.385. The molecule has 1 aromatic heterocycles. The Balaban J connectivity index is 1.79. The molecule has 1 amide bonds. The van der Waals surface area contributed by atoms with Gasteiger partial charge in [-0.25, -0.2) is 0 Å². The van der Waals surface area contributed by atoms with E-state index in [1.54, 1.807) is 11.3 Å². The van der Waals surface area contributed by atoms with Crippen molar-refractivity contribution in [2.45, 2.75) is 19.8 Å². The van der Waals surface area contributed by atoms with E-state index >= 15 is 0 Å². The Bertz CT molecular complexity index is 539. The normalized spacial score (nSPS) is 22.1. The van der Waals surface area contributed by atoms with Gasteiger partial charge in [0, 0.05) is 18.0 Å². The van der Waals surface area contributed by atoms with Crippen molar-refractivity contribution in [1.82, 2.24) is 4.90 Å². The number of amides is 1. The van der Waals surface area contributed by atoms with Crippen molar-refractivity contribution < 1.29 is 4.79 Å². The van der Waals surface area contributed by atoms with Crippen molar-refractivity contribution in [1.29, 1.82) is 0 Å². The van der Waals surface area contributed by atoms with E-state index in [0.717, 1.165) is 28.0 Å². The summed E-state index contributed by atoms with van der Waals surface area (Å²) in [5.74, 6) is -0.0882. The van der Waals surface area contributed by atoms with E-state index in [0.29, 0.717) is 0 Å². The van der Waals surface area contributed by atoms with Crippen LogP contribution in [0.4, 0.5) is 0 Å². The zero-order valence-corrected chi connectivity index (χ0v) is 11.8. The predicted molar refractivity (Wildman–Crippen MR) is 77.9 cm³/mol. The number of thiophene rings is 1. The minimum Gasteiger partial charge on any atom is -0.351 e. The van der Waals surface area contributed by atoms with Gasteiger partial charge in [-0.3, -0.25) is 4.79 Å². The Morgan fingerprint density at radius 3 is 2.83 bits per heavy atom. The van der Waals surface area contributed by atoms with Crippen LogP contribution >= 0.6 is 23.1 Å². The molecule has 0 aliphatic carbocycles. The van der Waals surface area contributed by atoms with Gasteiger partial charge in [-0.1, -0.05) is 0 Å². The van der Waals surface area contributed by atoms with Gasteiger partial charge in [0.25, 0.3) is 5.91 Å². The molecule has 3 heterocycles. The lowest BCUT2D eigenvalue weighted by molar-refractivity contribution is -0.113. The van der Waals surface area contributed by atoms with Gasteiger partial charge in [0.2, 0.25) is 0 Å². The summed E-state index contributed by atoms with van der Waals surface area (Å²) in [5, 5.41) is 2.94. The molecule has 0 saturated carbocycles. The van der Waals surface area contributed by atoms with Crippen molar-refractivity contribution >= 4 is 40.2 Å². The third-order valence-electron chi connectivity index (χ3n) is 3.15. The maximum atomic E-state index is 11.9. The first-order valence-corrected chi connectivity index (χ1v) is 7.75. The number of hydrogen-bond donors (Lipinski definition) is 0. The lowest BCUT2D eigenvalue weighted by Crippen LogP contribution is -2.23. The molecule has 5 heteroatoms. The van der Waals surface area contributed by atoms with E-state index in [4.69, 9.17) is 0 Å². The number of rotatable bonds is 1. The molecule has 0 radical (unpaired) electrons. The van der Waals surface area contributed by atoms with Gasteiger partial charge in [0.15, 0.2) is 5.17 Å². The molecule has 0 bridgehead atoms. The molecule has 1 aromatic rings. The third-order valence-corrected chi connectivity index (χ3v) is 5.16. The highest BCUT2D eigenvalue weighted by atomic mass is 32.2. The molecule has 2 aliphatic heterocycles. The molecular weight excluding hydrogens is 264 g/mol. The summed E-state index contributed by atoms with van der Waals surface area (Å²) < 4.78 is 0. The highest BCUT2D eigenvalue weighted by molar-refractivity contribution is 8.18. The first-order chi connectivity index (χ1) is 8.74. The topological polar surface area (TPSA) is 32.7 Å². The second-order valence-corrected chi connectivity index (χ2v) is 6.43. The van der Waals surface area contributed by atoms with Crippen molar-refractivity contribution in [2.75, 3.05) is 13.1 Å². The van der Waals surface area contributed by atoms with Crippen LogP contribution in [0, 0.1) is 6.92 Å². The summed E-state index contributed by atoms with van der Waals surface area (Å²) in [4.78, 5) is 20.2. The van der Waals surface area contributed by atoms with E-state index in [1.165, 1.54) is 30.2 Å². The Morgan fingerprint density at radius 1 is 1.39 bits per heavy atom. The summed E-state index contributed by atoms with van der Waals surface area (Å²) in [5.41, 5.74) is 1.22. The van der Waals surface area contributed by atoms with Crippen molar-refractivity contribution in [2.24, 2.45) is 4.99 Å². The van der Waals surface area contributed by atoms with E-state index in [-0.39, 0.29) is 5.91 Å². The summed E-state index contributed by atoms with van der Waals surface area (Å²) in [6.07, 6.45) is 4.38. The molecule has 3 nitrogen and oxygen atoms in total. The Kier molecular flexibility index (Phi) is 3.26. The zero-order valence-electron chi connectivity index (χ0n) is 10.2. The number of thioether (sulfide) groups is 1. The van der Waals surface area contributed by atoms with Crippen LogP contribution in [0.5, 0.6) is 0 Å². The molecule has 94 valence electrons. The predicted octanol–water partition coefficient (Wildman–Crippen LogP) is 3.12. The lowest BCUT2D eigenvalue weighted by atomic mass is 10.3. The number of aryl methyl sites for hydroxylation is 1. The van der Waals surface area contributed by atoms with Crippen molar-refractivity contribution in [3.05, 3.63) is 26.8 Å². The zero-order chi connectivity index (χ0) is 12.5. The quantitative estimate of drug-likeness (QED) is 0.740. The van der Waals surface area contributed by atoms with Crippen LogP contribution in [0.15, 0.2) is 21.3 Å². The maximum Gasteiger partial charge on any atom is 0.286 e. The second kappa shape index (κ2) is 4.90. The van der Waals surface area contributed by atoms with Gasteiger partial charge in [-0.05, 0) is 54.6 Å². The van der Waals surface area contributed by atoms with E-state index in [1.807, 2.05) is 11.5 Å². The molecule has 0 spiro atoms. The van der Waals surface area contributed by atoms with Crippen LogP contribution in [0.25, 0.3) is 6.08 Å². The molecule has 0 unspecified atom stereocenters. The minimum absolute atomic E-state index is 0.0882. The van der Waals surface area contributed by atoms with Gasteiger partial charge in [-0.15, -0.1) is 11.3 Å². The van der Waals surface area contributed by atoms with Gasteiger partial charge in [0.1, 0.15) is 0 Å². The van der Waals surface area contributed by atoms with Gasteiger partial charge >= 0.3 is 0 Å². The summed E-state index contributed by atoms with van der Waals surface area (Å²) in [6.45, 7) is 4.13. The molecule has 0 N–H and O–H groups in total. The largest absolute Gasteiger partial charge is 0.351 e. The van der Waals surface area contributed by atoms with Crippen LogP contribution in [0.3, 0.4) is 0 Å². The molecule has 18 heavy (non-hydrogen) atoms. The van der Waals surface area contributed by atoms with Crippen molar-refractivity contribution in [3.8, 4) is 0 Å². The Hall–Kier alpha value is -1.07. The third kappa shape index (κ3) is 2.24. The average Bonchev–Trinajstić information content (AvgIpc) is 3.03. The molecule has 3 rings (SSSR count). The molecule has 2 aliphatic rings. The molecular formula is C13H14N2OS2. The number of nitrogens with zero attached hydrogens (tertiary/aromatic N) is 2. The van der Waals surface area contributed by atoms with Gasteiger partial charge in [-0.2, -0.15) is 4.99 Å². The fourth-order valence-corrected chi connectivity index (χ4v) is 3.97. The van der Waals surface area contributed by atoms with Crippen LogP contribution < -0.4 is 0 Å². The van der Waals surface area contributed by atoms with Crippen molar-refractivity contribution in [3.63, 3.8) is 0 Å². The van der Waals surface area contributed by atoms with Crippen LogP contribution in [-0.2, 0) is 4.79 Å². The van der Waals surface area contributed by atoms with Crippen LogP contribution in [0.2, 0.25) is 0 Å². The van der Waals surface area contributed by atoms with Gasteiger partial charge < -0.3 is 4.90 Å². The number of hydrogen-bond acceptors (Lipinski definition) is 4. The maximum absolute atomic E-state index is 11.9. The number of likely N-dealkylation sites (tertiary alicyclic amines) is 1. The fourth-order valence-electron chi connectivity index (χ4n) is 2.09. The number of carbonyl (C=O) groups is 1. The molecule has 1 fully saturated rings. The standard InChI is InChI=1S/C13H14N2OS2/c1-9-4-7-17-10(9)8-11-12(16)14-13(18-11)15-5-2-3-6-15/h4,7-8H,2-3,5-6H2,1H3/b11-8+. The highest BCUT2D eigenvalue weighted by Gasteiger charge is 2.27. The first kappa shape index (κ1) is 12.0. The average molecular weight is 278 g/mol. The van der Waals surface area contributed by atoms with Gasteiger partial charge in [0.05, 0.1) is 4.91 Å². The number of amidine groups is 1. The van der Waals surface area contributed by atoms with E-state index in [9.17, 15) is 4.79 Å². The van der Waals surface area contributed by atoms with Crippen LogP contribution in [-0.4, -0.2) is 29.1 Å². The lowest BCUT2D eigenvalue weighted by Gasteiger charge is -2.14. The smallest absolute Gasteiger partial charge is 0.286 e. The summed E-state index contributed by atoms with van der Waals surface area (Å²) in [7, 11) is 0. The number of carbonyl (C=O) groups excluding carboxylic acids is 1. The number of aliphatic imine (C=N–C) groups is 1.